The zero-order chi connectivity index (χ0) is 10.8. The van der Waals surface area contributed by atoms with Crippen molar-refractivity contribution < 1.29 is 0 Å². The third-order valence-corrected chi connectivity index (χ3v) is 2.69. The molecule has 0 fully saturated rings. The van der Waals surface area contributed by atoms with Crippen LogP contribution in [-0.4, -0.2) is 26.1 Å². The molecule has 2 aromatic heterocycles. The van der Waals surface area contributed by atoms with Crippen LogP contribution in [0.25, 0.3) is 5.65 Å². The van der Waals surface area contributed by atoms with E-state index in [0.717, 1.165) is 21.7 Å². The molecule has 0 unspecified atom stereocenters. The molecule has 2 aromatic rings. The molecule has 0 aromatic carbocycles. The van der Waals surface area contributed by atoms with E-state index in [9.17, 15) is 0 Å². The van der Waals surface area contributed by atoms with E-state index in [1.165, 1.54) is 0 Å². The quantitative estimate of drug-likeness (QED) is 0.877. The van der Waals surface area contributed by atoms with Gasteiger partial charge in [0.15, 0.2) is 5.65 Å². The molecule has 0 radical (unpaired) electrons. The summed E-state index contributed by atoms with van der Waals surface area (Å²) < 4.78 is 2.76. The van der Waals surface area contributed by atoms with Gasteiger partial charge < -0.3 is 5.32 Å². The van der Waals surface area contributed by atoms with Crippen LogP contribution in [-0.2, 0) is 0 Å². The summed E-state index contributed by atoms with van der Waals surface area (Å²) in [7, 11) is 0. The zero-order valence-electron chi connectivity index (χ0n) is 8.61. The Hall–Kier alpha value is -0.920. The van der Waals surface area contributed by atoms with Gasteiger partial charge in [-0.1, -0.05) is 13.8 Å². The van der Waals surface area contributed by atoms with Gasteiger partial charge in [-0.25, -0.2) is 9.97 Å². The second kappa shape index (κ2) is 4.30. The first-order valence-corrected chi connectivity index (χ1v) is 5.84. The minimum absolute atomic E-state index is 0.574. The summed E-state index contributed by atoms with van der Waals surface area (Å²) in [6.07, 6.45) is 3.34. The van der Waals surface area contributed by atoms with Gasteiger partial charge in [0.25, 0.3) is 0 Å². The molecule has 2 rings (SSSR count). The number of anilines is 1. The molecule has 0 aliphatic heterocycles. The minimum Gasteiger partial charge on any atom is -0.354 e. The molecule has 2 heterocycles. The predicted octanol–water partition coefficient (Wildman–Crippen LogP) is 1.80. The number of hydrogen-bond acceptors (Lipinski definition) is 4. The van der Waals surface area contributed by atoms with Gasteiger partial charge in [-0.3, -0.25) is 0 Å². The highest BCUT2D eigenvalue weighted by Gasteiger charge is 2.07. The van der Waals surface area contributed by atoms with E-state index in [0.29, 0.717) is 5.92 Å². The summed E-state index contributed by atoms with van der Waals surface area (Å²) in [5, 5.41) is 7.46. The van der Waals surface area contributed by atoms with E-state index in [4.69, 9.17) is 0 Å². The van der Waals surface area contributed by atoms with Crippen LogP contribution in [0.2, 0.25) is 0 Å². The number of hydrogen-bond donors (Lipinski definition) is 1. The van der Waals surface area contributed by atoms with Gasteiger partial charge >= 0.3 is 0 Å². The van der Waals surface area contributed by atoms with Crippen molar-refractivity contribution in [2.75, 3.05) is 11.9 Å². The molecule has 0 aliphatic rings. The molecule has 0 aliphatic carbocycles. The molecule has 0 amide bonds. The second-order valence-corrected chi connectivity index (χ2v) is 4.86. The van der Waals surface area contributed by atoms with Crippen LogP contribution < -0.4 is 5.32 Å². The topological polar surface area (TPSA) is 55.1 Å². The summed E-state index contributed by atoms with van der Waals surface area (Å²) in [6.45, 7) is 5.18. The fourth-order valence-corrected chi connectivity index (χ4v) is 1.69. The third-order valence-electron chi connectivity index (χ3n) is 1.93. The summed E-state index contributed by atoms with van der Waals surface area (Å²) >= 11 is 2.21. The molecule has 1 N–H and O–H groups in total. The largest absolute Gasteiger partial charge is 0.354 e. The van der Waals surface area contributed by atoms with Crippen LogP contribution in [0.4, 0.5) is 5.95 Å². The van der Waals surface area contributed by atoms with E-state index >= 15 is 0 Å². The second-order valence-electron chi connectivity index (χ2n) is 3.70. The van der Waals surface area contributed by atoms with E-state index < -0.39 is 0 Å². The third kappa shape index (κ3) is 2.19. The molecule has 80 valence electrons. The monoisotopic (exact) mass is 317 g/mol. The zero-order valence-corrected chi connectivity index (χ0v) is 10.8. The van der Waals surface area contributed by atoms with Gasteiger partial charge in [0.1, 0.15) is 6.33 Å². The van der Waals surface area contributed by atoms with Crippen molar-refractivity contribution in [3.05, 3.63) is 16.1 Å². The Balaban J connectivity index is 2.34. The maximum Gasteiger partial charge on any atom is 0.227 e. The van der Waals surface area contributed by atoms with Crippen LogP contribution >= 0.6 is 22.6 Å². The maximum absolute atomic E-state index is 4.22. The fourth-order valence-electron chi connectivity index (χ4n) is 1.20. The number of fused-ring (bicyclic) bond motifs is 1. The van der Waals surface area contributed by atoms with Crippen molar-refractivity contribution in [1.82, 2.24) is 19.6 Å². The lowest BCUT2D eigenvalue weighted by molar-refractivity contribution is 0.680. The number of rotatable bonds is 3. The Morgan fingerprint density at radius 1 is 1.47 bits per heavy atom. The lowest BCUT2D eigenvalue weighted by Crippen LogP contribution is -2.13. The van der Waals surface area contributed by atoms with Crippen LogP contribution in [0, 0.1) is 9.49 Å². The number of aromatic nitrogens is 4. The Bertz CT molecular complexity index is 464. The molecular weight excluding hydrogens is 305 g/mol. The number of nitrogens with one attached hydrogen (secondary N) is 1. The summed E-state index contributed by atoms with van der Waals surface area (Å²) in [6, 6.07) is 0. The molecule has 0 saturated carbocycles. The first-order valence-electron chi connectivity index (χ1n) is 4.76. The standard InChI is InChI=1S/C9H12IN5/c1-6(2)3-11-9-13-5-12-8-7(10)4-14-15(8)9/h4-6H,3H2,1-2H3,(H,11,12,13). The first kappa shape index (κ1) is 10.6. The van der Waals surface area contributed by atoms with Crippen LogP contribution in [0.1, 0.15) is 13.8 Å². The van der Waals surface area contributed by atoms with Crippen molar-refractivity contribution in [2.45, 2.75) is 13.8 Å². The van der Waals surface area contributed by atoms with Gasteiger partial charge in [-0.2, -0.15) is 9.61 Å². The van der Waals surface area contributed by atoms with Gasteiger partial charge in [-0.05, 0) is 28.5 Å². The maximum atomic E-state index is 4.22. The van der Waals surface area contributed by atoms with Crippen molar-refractivity contribution >= 4 is 34.2 Å². The molecule has 0 saturated heterocycles. The van der Waals surface area contributed by atoms with Gasteiger partial charge in [0, 0.05) is 6.54 Å². The predicted molar refractivity (Wildman–Crippen MR) is 66.8 cm³/mol. The summed E-state index contributed by atoms with van der Waals surface area (Å²) in [4.78, 5) is 8.34. The molecule has 15 heavy (non-hydrogen) atoms. The number of nitrogens with zero attached hydrogens (tertiary/aromatic N) is 4. The average molecular weight is 317 g/mol. The Morgan fingerprint density at radius 3 is 3.00 bits per heavy atom. The highest BCUT2D eigenvalue weighted by molar-refractivity contribution is 14.1. The summed E-state index contributed by atoms with van der Waals surface area (Å²) in [5.41, 5.74) is 0.844. The fraction of sp³-hybridized carbons (Fsp3) is 0.444. The number of halogens is 1. The Morgan fingerprint density at radius 2 is 2.27 bits per heavy atom. The molecular formula is C9H12IN5. The summed E-state index contributed by atoms with van der Waals surface area (Å²) in [5.74, 6) is 1.32. The molecule has 5 nitrogen and oxygen atoms in total. The van der Waals surface area contributed by atoms with Crippen molar-refractivity contribution in [1.29, 1.82) is 0 Å². The lowest BCUT2D eigenvalue weighted by atomic mass is 10.2. The highest BCUT2D eigenvalue weighted by atomic mass is 127. The van der Waals surface area contributed by atoms with E-state index in [-0.39, 0.29) is 0 Å². The van der Waals surface area contributed by atoms with Crippen molar-refractivity contribution in [2.24, 2.45) is 5.92 Å². The normalized spacial score (nSPS) is 11.2. The smallest absolute Gasteiger partial charge is 0.227 e. The minimum atomic E-state index is 0.574. The van der Waals surface area contributed by atoms with Crippen LogP contribution in [0.5, 0.6) is 0 Å². The average Bonchev–Trinajstić information content (AvgIpc) is 2.58. The Labute approximate surface area is 101 Å². The lowest BCUT2D eigenvalue weighted by Gasteiger charge is -2.08. The molecule has 0 bridgehead atoms. The van der Waals surface area contributed by atoms with E-state index in [1.54, 1.807) is 17.0 Å². The van der Waals surface area contributed by atoms with E-state index in [2.05, 4.69) is 56.8 Å². The van der Waals surface area contributed by atoms with Crippen LogP contribution in [0.15, 0.2) is 12.5 Å². The SMILES string of the molecule is CC(C)CNc1ncnc2c(I)cnn12. The Kier molecular flexibility index (Phi) is 3.03. The van der Waals surface area contributed by atoms with Gasteiger partial charge in [0.05, 0.1) is 9.77 Å². The first-order chi connectivity index (χ1) is 7.18. The van der Waals surface area contributed by atoms with Crippen LogP contribution in [0.3, 0.4) is 0 Å². The molecule has 0 spiro atoms. The van der Waals surface area contributed by atoms with Crippen molar-refractivity contribution in [3.8, 4) is 0 Å². The molecule has 0 atom stereocenters. The highest BCUT2D eigenvalue weighted by Crippen LogP contribution is 2.13. The van der Waals surface area contributed by atoms with Crippen molar-refractivity contribution in [3.63, 3.8) is 0 Å². The van der Waals surface area contributed by atoms with Gasteiger partial charge in [0.2, 0.25) is 5.95 Å². The van der Waals surface area contributed by atoms with E-state index in [1.807, 2.05) is 0 Å². The molecule has 6 heteroatoms. The van der Waals surface area contributed by atoms with Gasteiger partial charge in [-0.15, -0.1) is 0 Å².